The van der Waals surface area contributed by atoms with E-state index in [4.69, 9.17) is 4.74 Å². The number of amides is 1. The molecule has 0 bridgehead atoms. The number of likely N-dealkylation sites (tertiary alicyclic amines) is 1. The number of rotatable bonds is 6. The average Bonchev–Trinajstić information content (AvgIpc) is 3.16. The molecule has 1 aromatic carbocycles. The van der Waals surface area contributed by atoms with Gasteiger partial charge in [-0.1, -0.05) is 30.3 Å². The molecule has 0 spiro atoms. The van der Waals surface area contributed by atoms with Gasteiger partial charge in [0.15, 0.2) is 0 Å². The highest BCUT2D eigenvalue weighted by Crippen LogP contribution is 2.26. The lowest BCUT2D eigenvalue weighted by Gasteiger charge is -2.49. The highest BCUT2D eigenvalue weighted by Gasteiger charge is 2.39. The second-order valence-corrected chi connectivity index (χ2v) is 7.40. The summed E-state index contributed by atoms with van der Waals surface area (Å²) in [5.41, 5.74) is 2.02. The molecular weight excluding hydrogens is 340 g/mol. The Labute approximate surface area is 160 Å². The molecule has 2 saturated heterocycles. The minimum absolute atomic E-state index is 0.0947. The normalized spacial score (nSPS) is 18.7. The standard InChI is InChI=1S/C21H28N4O2/c1-2-25-20(8-11-22-25)21(26)23-15-19(16-23)24(18-9-12-27-13-10-18)14-17-6-4-3-5-7-17/h3-8,11,18-19H,2,9-10,12-16H2,1H3. The SMILES string of the molecule is CCn1nccc1C(=O)N1CC(N(Cc2ccccc2)C2CCOCC2)C1. The summed E-state index contributed by atoms with van der Waals surface area (Å²) in [6, 6.07) is 13.4. The summed E-state index contributed by atoms with van der Waals surface area (Å²) >= 11 is 0. The fraction of sp³-hybridized carbons (Fsp3) is 0.524. The van der Waals surface area contributed by atoms with E-state index in [1.807, 2.05) is 17.9 Å². The van der Waals surface area contributed by atoms with E-state index in [1.165, 1.54) is 5.56 Å². The largest absolute Gasteiger partial charge is 0.381 e. The van der Waals surface area contributed by atoms with Crippen LogP contribution in [0.15, 0.2) is 42.6 Å². The summed E-state index contributed by atoms with van der Waals surface area (Å²) in [6.07, 6.45) is 3.84. The molecule has 0 saturated carbocycles. The zero-order valence-electron chi connectivity index (χ0n) is 16.0. The monoisotopic (exact) mass is 368 g/mol. The van der Waals surface area contributed by atoms with E-state index in [9.17, 15) is 4.79 Å². The Hall–Kier alpha value is -2.18. The lowest BCUT2D eigenvalue weighted by atomic mass is 9.98. The molecule has 2 aliphatic rings. The zero-order valence-corrected chi connectivity index (χ0v) is 16.0. The van der Waals surface area contributed by atoms with Crippen LogP contribution in [0.25, 0.3) is 0 Å². The number of aromatic nitrogens is 2. The van der Waals surface area contributed by atoms with Crippen LogP contribution in [-0.2, 0) is 17.8 Å². The molecule has 2 aromatic rings. The van der Waals surface area contributed by atoms with Gasteiger partial charge in [0, 0.05) is 57.7 Å². The van der Waals surface area contributed by atoms with Crippen molar-refractivity contribution in [3.05, 3.63) is 53.9 Å². The predicted molar refractivity (Wildman–Crippen MR) is 103 cm³/mol. The van der Waals surface area contributed by atoms with E-state index in [0.717, 1.165) is 45.7 Å². The summed E-state index contributed by atoms with van der Waals surface area (Å²) < 4.78 is 7.34. The Kier molecular flexibility index (Phi) is 5.55. The van der Waals surface area contributed by atoms with Gasteiger partial charge in [-0.15, -0.1) is 0 Å². The van der Waals surface area contributed by atoms with Crippen LogP contribution in [0.5, 0.6) is 0 Å². The molecule has 6 nitrogen and oxygen atoms in total. The highest BCUT2D eigenvalue weighted by molar-refractivity contribution is 5.93. The lowest BCUT2D eigenvalue weighted by Crippen LogP contribution is -2.63. The fourth-order valence-corrected chi connectivity index (χ4v) is 4.13. The molecule has 144 valence electrons. The van der Waals surface area contributed by atoms with Gasteiger partial charge >= 0.3 is 0 Å². The van der Waals surface area contributed by atoms with E-state index in [1.54, 1.807) is 10.9 Å². The van der Waals surface area contributed by atoms with Crippen molar-refractivity contribution in [2.24, 2.45) is 0 Å². The van der Waals surface area contributed by atoms with Crippen molar-refractivity contribution < 1.29 is 9.53 Å². The van der Waals surface area contributed by atoms with Gasteiger partial charge in [0.1, 0.15) is 5.69 Å². The summed E-state index contributed by atoms with van der Waals surface area (Å²) in [5, 5.41) is 4.22. The van der Waals surface area contributed by atoms with Crippen LogP contribution in [0, 0.1) is 0 Å². The molecule has 2 aliphatic heterocycles. The molecule has 1 aromatic heterocycles. The number of benzene rings is 1. The first kappa shape index (κ1) is 18.2. The van der Waals surface area contributed by atoms with Crippen molar-refractivity contribution in [1.29, 1.82) is 0 Å². The van der Waals surface area contributed by atoms with E-state index in [-0.39, 0.29) is 5.91 Å². The molecule has 0 unspecified atom stereocenters. The summed E-state index contributed by atoms with van der Waals surface area (Å²) in [5.74, 6) is 0.0947. The van der Waals surface area contributed by atoms with Gasteiger partial charge in [-0.3, -0.25) is 14.4 Å². The molecule has 6 heteroatoms. The smallest absolute Gasteiger partial charge is 0.272 e. The number of carbonyl (C=O) groups excluding carboxylic acids is 1. The number of hydrogen-bond acceptors (Lipinski definition) is 4. The Bertz CT molecular complexity index is 749. The van der Waals surface area contributed by atoms with Crippen molar-refractivity contribution in [3.63, 3.8) is 0 Å². The first-order valence-corrected chi connectivity index (χ1v) is 9.94. The van der Waals surface area contributed by atoms with Crippen molar-refractivity contribution >= 4 is 5.91 Å². The third kappa shape index (κ3) is 3.92. The summed E-state index contributed by atoms with van der Waals surface area (Å²) in [6.45, 7) is 6.91. The van der Waals surface area contributed by atoms with E-state index in [0.29, 0.717) is 24.3 Å². The topological polar surface area (TPSA) is 50.6 Å². The van der Waals surface area contributed by atoms with Crippen molar-refractivity contribution in [2.45, 2.75) is 44.9 Å². The first-order chi connectivity index (χ1) is 13.3. The quantitative estimate of drug-likeness (QED) is 0.786. The Morgan fingerprint density at radius 3 is 2.59 bits per heavy atom. The van der Waals surface area contributed by atoms with Crippen LogP contribution in [0.4, 0.5) is 0 Å². The molecular formula is C21H28N4O2. The molecule has 27 heavy (non-hydrogen) atoms. The second-order valence-electron chi connectivity index (χ2n) is 7.40. The maximum atomic E-state index is 12.8. The van der Waals surface area contributed by atoms with Crippen LogP contribution in [0.3, 0.4) is 0 Å². The summed E-state index contributed by atoms with van der Waals surface area (Å²) in [7, 11) is 0. The maximum absolute atomic E-state index is 12.8. The van der Waals surface area contributed by atoms with Gasteiger partial charge in [0.2, 0.25) is 0 Å². The number of ether oxygens (including phenoxy) is 1. The third-order valence-corrected chi connectivity index (χ3v) is 5.72. The van der Waals surface area contributed by atoms with Gasteiger partial charge in [-0.2, -0.15) is 5.10 Å². The molecule has 3 heterocycles. The number of nitrogens with zero attached hydrogens (tertiary/aromatic N) is 4. The minimum Gasteiger partial charge on any atom is -0.381 e. The molecule has 1 amide bonds. The number of aryl methyl sites for hydroxylation is 1. The molecule has 0 atom stereocenters. The van der Waals surface area contributed by atoms with Crippen molar-refractivity contribution in [3.8, 4) is 0 Å². The molecule has 0 aliphatic carbocycles. The Morgan fingerprint density at radius 2 is 1.89 bits per heavy atom. The molecule has 0 N–H and O–H groups in total. The number of carbonyl (C=O) groups is 1. The predicted octanol–water partition coefficient (Wildman–Crippen LogP) is 2.41. The van der Waals surface area contributed by atoms with Crippen molar-refractivity contribution in [1.82, 2.24) is 19.6 Å². The maximum Gasteiger partial charge on any atom is 0.272 e. The van der Waals surface area contributed by atoms with Crippen LogP contribution in [-0.4, -0.2) is 63.9 Å². The van der Waals surface area contributed by atoms with Gasteiger partial charge in [-0.05, 0) is 31.4 Å². The van der Waals surface area contributed by atoms with Crippen LogP contribution < -0.4 is 0 Å². The first-order valence-electron chi connectivity index (χ1n) is 9.94. The van der Waals surface area contributed by atoms with E-state index in [2.05, 4.69) is 40.3 Å². The highest BCUT2D eigenvalue weighted by atomic mass is 16.5. The number of hydrogen-bond donors (Lipinski definition) is 0. The Balaban J connectivity index is 1.43. The van der Waals surface area contributed by atoms with E-state index >= 15 is 0 Å². The second kappa shape index (κ2) is 8.23. The van der Waals surface area contributed by atoms with Gasteiger partial charge < -0.3 is 9.64 Å². The molecule has 0 radical (unpaired) electrons. The molecule has 4 rings (SSSR count). The van der Waals surface area contributed by atoms with Gasteiger partial charge in [-0.25, -0.2) is 0 Å². The minimum atomic E-state index is 0.0947. The zero-order chi connectivity index (χ0) is 18.6. The average molecular weight is 368 g/mol. The van der Waals surface area contributed by atoms with Crippen LogP contribution in [0.1, 0.15) is 35.8 Å². The summed E-state index contributed by atoms with van der Waals surface area (Å²) in [4.78, 5) is 17.3. The lowest BCUT2D eigenvalue weighted by molar-refractivity contribution is -0.0292. The fourth-order valence-electron chi connectivity index (χ4n) is 4.13. The molecule has 2 fully saturated rings. The van der Waals surface area contributed by atoms with Gasteiger partial charge in [0.25, 0.3) is 5.91 Å². The van der Waals surface area contributed by atoms with Crippen LogP contribution >= 0.6 is 0 Å². The van der Waals surface area contributed by atoms with E-state index < -0.39 is 0 Å². The Morgan fingerprint density at radius 1 is 1.15 bits per heavy atom. The third-order valence-electron chi connectivity index (χ3n) is 5.72. The van der Waals surface area contributed by atoms with Crippen molar-refractivity contribution in [2.75, 3.05) is 26.3 Å². The van der Waals surface area contributed by atoms with Gasteiger partial charge in [0.05, 0.1) is 0 Å². The van der Waals surface area contributed by atoms with Crippen LogP contribution in [0.2, 0.25) is 0 Å².